The normalized spacial score (nSPS) is 13.4. The molecule has 2 aromatic carbocycles. The second-order valence-corrected chi connectivity index (χ2v) is 7.50. The van der Waals surface area contributed by atoms with Crippen LogP contribution in [0.1, 0.15) is 28.8 Å². The third-order valence-electron chi connectivity index (χ3n) is 5.72. The van der Waals surface area contributed by atoms with Crippen LogP contribution in [0, 0.1) is 0 Å². The molecule has 0 radical (unpaired) electrons. The third kappa shape index (κ3) is 4.06. The van der Waals surface area contributed by atoms with Gasteiger partial charge in [0.25, 0.3) is 0 Å². The topological polar surface area (TPSA) is 119 Å². The van der Waals surface area contributed by atoms with Crippen molar-refractivity contribution >= 4 is 5.97 Å². The Kier molecular flexibility index (Phi) is 6.42. The van der Waals surface area contributed by atoms with E-state index in [1.165, 1.54) is 14.2 Å². The number of methoxy groups -OCH3 is 2. The van der Waals surface area contributed by atoms with Gasteiger partial charge in [-0.25, -0.2) is 4.79 Å². The van der Waals surface area contributed by atoms with E-state index in [2.05, 4.69) is 20.0 Å². The molecular weight excluding hydrogens is 422 g/mol. The van der Waals surface area contributed by atoms with E-state index in [-0.39, 0.29) is 6.01 Å². The Morgan fingerprint density at radius 2 is 1.67 bits per heavy atom. The molecule has 33 heavy (non-hydrogen) atoms. The molecule has 9 nitrogen and oxygen atoms in total. The van der Waals surface area contributed by atoms with Gasteiger partial charge in [0.1, 0.15) is 5.54 Å². The van der Waals surface area contributed by atoms with Gasteiger partial charge in [-0.1, -0.05) is 65.8 Å². The smallest absolute Gasteiger partial charge is 0.348 e. The molecule has 1 heterocycles. The maximum atomic E-state index is 13.2. The fourth-order valence-corrected chi connectivity index (χ4v) is 4.21. The van der Waals surface area contributed by atoms with Crippen molar-refractivity contribution in [3.05, 3.63) is 93.5 Å². The number of nitrogens with zero attached hydrogens (tertiary/aromatic N) is 5. The van der Waals surface area contributed by atoms with E-state index in [0.29, 0.717) is 17.0 Å². The van der Waals surface area contributed by atoms with Crippen molar-refractivity contribution in [3.63, 3.8) is 0 Å². The summed E-state index contributed by atoms with van der Waals surface area (Å²) in [5.74, 6) is -0.330. The minimum Gasteiger partial charge on any atom is -0.481 e. The summed E-state index contributed by atoms with van der Waals surface area (Å²) in [5.41, 5.74) is 10.9. The second-order valence-electron chi connectivity index (χ2n) is 7.50. The Bertz CT molecular complexity index is 1140. The van der Waals surface area contributed by atoms with Crippen molar-refractivity contribution in [2.75, 3.05) is 14.2 Å². The van der Waals surface area contributed by atoms with E-state index in [1.54, 1.807) is 48.5 Å². The molecule has 1 unspecified atom stereocenters. The standard InChI is InChI=1S/C24H23N5O4/c1-31-21-18-14-9-15-19(18)26-23(27-21)33-20(22(30)32-2)24(28-29-25,16-10-5-3-6-11-16)17-12-7-4-8-13-17/h3-8,10-13,20H,9,14-15H2,1-2H3. The van der Waals surface area contributed by atoms with Gasteiger partial charge in [-0.2, -0.15) is 9.97 Å². The molecule has 0 N–H and O–H groups in total. The summed E-state index contributed by atoms with van der Waals surface area (Å²) in [4.78, 5) is 25.2. The first kappa shape index (κ1) is 22.1. The average molecular weight is 445 g/mol. The van der Waals surface area contributed by atoms with E-state index in [9.17, 15) is 10.3 Å². The minimum atomic E-state index is -1.58. The molecule has 0 fully saturated rings. The Hall–Kier alpha value is -4.10. The highest BCUT2D eigenvalue weighted by molar-refractivity contribution is 5.78. The predicted octanol–water partition coefficient (Wildman–Crippen LogP) is 4.15. The fraction of sp³-hybridized carbons (Fsp3) is 0.292. The van der Waals surface area contributed by atoms with Gasteiger partial charge in [0.15, 0.2) is 0 Å². The summed E-state index contributed by atoms with van der Waals surface area (Å²) in [6.45, 7) is 0. The van der Waals surface area contributed by atoms with Crippen LogP contribution in [0.25, 0.3) is 10.4 Å². The lowest BCUT2D eigenvalue weighted by molar-refractivity contribution is -0.152. The number of aromatic nitrogens is 2. The van der Waals surface area contributed by atoms with Crippen LogP contribution < -0.4 is 9.47 Å². The zero-order valence-electron chi connectivity index (χ0n) is 18.3. The van der Waals surface area contributed by atoms with Crippen LogP contribution in [0.5, 0.6) is 11.9 Å². The van der Waals surface area contributed by atoms with E-state index in [0.717, 1.165) is 30.5 Å². The molecule has 1 aromatic heterocycles. The van der Waals surface area contributed by atoms with E-state index in [1.807, 2.05) is 12.1 Å². The zero-order chi connectivity index (χ0) is 23.3. The first-order chi connectivity index (χ1) is 16.1. The fourth-order valence-electron chi connectivity index (χ4n) is 4.21. The van der Waals surface area contributed by atoms with Crippen LogP contribution in [0.3, 0.4) is 0 Å². The molecule has 1 atom stereocenters. The number of aryl methyl sites for hydroxylation is 1. The number of esters is 1. The molecule has 0 bridgehead atoms. The summed E-state index contributed by atoms with van der Waals surface area (Å²) in [5, 5.41) is 4.14. The van der Waals surface area contributed by atoms with Crippen LogP contribution in [-0.4, -0.2) is 36.3 Å². The maximum Gasteiger partial charge on any atom is 0.348 e. The molecule has 0 amide bonds. The number of hydrogen-bond donors (Lipinski definition) is 0. The first-order valence-corrected chi connectivity index (χ1v) is 10.5. The molecule has 1 aliphatic carbocycles. The SMILES string of the molecule is COC(=O)C(Oc1nc2c(c(OC)n1)CCC2)C(N=[N+]=[N-])(c1ccccc1)c1ccccc1. The Balaban J connectivity index is 1.92. The second kappa shape index (κ2) is 9.58. The predicted molar refractivity (Wildman–Crippen MR) is 120 cm³/mol. The third-order valence-corrected chi connectivity index (χ3v) is 5.72. The summed E-state index contributed by atoms with van der Waals surface area (Å²) < 4.78 is 16.7. The molecule has 9 heteroatoms. The van der Waals surface area contributed by atoms with E-state index >= 15 is 0 Å². The average Bonchev–Trinajstić information content (AvgIpc) is 3.35. The Labute approximate surface area is 191 Å². The van der Waals surface area contributed by atoms with Crippen molar-refractivity contribution in [1.29, 1.82) is 0 Å². The Morgan fingerprint density at radius 3 is 2.21 bits per heavy atom. The van der Waals surface area contributed by atoms with Crippen molar-refractivity contribution < 1.29 is 19.0 Å². The highest BCUT2D eigenvalue weighted by Gasteiger charge is 2.49. The number of carbonyl (C=O) groups is 1. The van der Waals surface area contributed by atoms with Gasteiger partial charge in [-0.05, 0) is 35.9 Å². The van der Waals surface area contributed by atoms with Gasteiger partial charge in [-0.3, -0.25) is 0 Å². The van der Waals surface area contributed by atoms with Crippen molar-refractivity contribution in [1.82, 2.24) is 9.97 Å². The minimum absolute atomic E-state index is 0.0488. The summed E-state index contributed by atoms with van der Waals surface area (Å²) in [6, 6.07) is 17.9. The molecule has 168 valence electrons. The molecule has 0 saturated heterocycles. The monoisotopic (exact) mass is 445 g/mol. The zero-order valence-corrected chi connectivity index (χ0v) is 18.3. The van der Waals surface area contributed by atoms with Crippen molar-refractivity contribution in [3.8, 4) is 11.9 Å². The van der Waals surface area contributed by atoms with Gasteiger partial charge in [-0.15, -0.1) is 0 Å². The van der Waals surface area contributed by atoms with Crippen LogP contribution in [-0.2, 0) is 27.9 Å². The molecule has 1 aliphatic rings. The lowest BCUT2D eigenvalue weighted by atomic mass is 9.78. The van der Waals surface area contributed by atoms with Gasteiger partial charge in [0.05, 0.1) is 19.9 Å². The summed E-state index contributed by atoms with van der Waals surface area (Å²) in [7, 11) is 2.78. The lowest BCUT2D eigenvalue weighted by Crippen LogP contribution is -2.48. The number of azide groups is 1. The summed E-state index contributed by atoms with van der Waals surface area (Å²) >= 11 is 0. The molecular formula is C24H23N5O4. The largest absolute Gasteiger partial charge is 0.481 e. The maximum absolute atomic E-state index is 13.2. The number of carbonyl (C=O) groups excluding carboxylic acids is 1. The van der Waals surface area contributed by atoms with Gasteiger partial charge in [0.2, 0.25) is 12.0 Å². The molecule has 4 rings (SSSR count). The Morgan fingerprint density at radius 1 is 1.03 bits per heavy atom. The first-order valence-electron chi connectivity index (χ1n) is 10.5. The molecule has 0 saturated carbocycles. The molecule has 3 aromatic rings. The van der Waals surface area contributed by atoms with Crippen LogP contribution in [0.2, 0.25) is 0 Å². The van der Waals surface area contributed by atoms with Gasteiger partial charge >= 0.3 is 12.0 Å². The number of rotatable bonds is 8. The van der Waals surface area contributed by atoms with Crippen LogP contribution in [0.15, 0.2) is 65.8 Å². The number of ether oxygens (including phenoxy) is 3. The number of fused-ring (bicyclic) bond motifs is 1. The quantitative estimate of drug-likeness (QED) is 0.222. The lowest BCUT2D eigenvalue weighted by Gasteiger charge is -2.35. The van der Waals surface area contributed by atoms with E-state index < -0.39 is 17.6 Å². The van der Waals surface area contributed by atoms with Crippen molar-refractivity contribution in [2.24, 2.45) is 5.11 Å². The van der Waals surface area contributed by atoms with Gasteiger partial charge < -0.3 is 14.2 Å². The number of hydrogen-bond acceptors (Lipinski definition) is 7. The summed E-state index contributed by atoms with van der Waals surface area (Å²) in [6.07, 6.45) is 1.09. The highest BCUT2D eigenvalue weighted by atomic mass is 16.6. The van der Waals surface area contributed by atoms with Crippen LogP contribution in [0.4, 0.5) is 0 Å². The highest BCUT2D eigenvalue weighted by Crippen LogP contribution is 2.40. The van der Waals surface area contributed by atoms with Gasteiger partial charge in [0, 0.05) is 10.5 Å². The molecule has 0 aliphatic heterocycles. The van der Waals surface area contributed by atoms with Crippen molar-refractivity contribution in [2.45, 2.75) is 30.9 Å². The van der Waals surface area contributed by atoms with E-state index in [4.69, 9.17) is 14.2 Å². The number of benzene rings is 2. The molecule has 0 spiro atoms. The van der Waals surface area contributed by atoms with Crippen LogP contribution >= 0.6 is 0 Å².